The molecule has 12 heteroatoms. The number of rotatable bonds is 6. The van der Waals surface area contributed by atoms with E-state index in [9.17, 15) is 14.4 Å². The van der Waals surface area contributed by atoms with Crippen LogP contribution in [0.1, 0.15) is 51.8 Å². The molecule has 6 rings (SSSR count). The van der Waals surface area contributed by atoms with E-state index in [1.165, 1.54) is 27.7 Å². The number of nitriles is 1. The van der Waals surface area contributed by atoms with Gasteiger partial charge in [0.15, 0.2) is 17.2 Å². The first-order valence-corrected chi connectivity index (χ1v) is 11.3. The molecule has 0 bridgehead atoms. The van der Waals surface area contributed by atoms with E-state index >= 15 is 0 Å². The minimum absolute atomic E-state index is 0.00778. The van der Waals surface area contributed by atoms with Crippen molar-refractivity contribution in [1.82, 2.24) is 39.1 Å². The van der Waals surface area contributed by atoms with Crippen LogP contribution in [0.25, 0.3) is 11.2 Å². The molecule has 5 aromatic rings. The summed E-state index contributed by atoms with van der Waals surface area (Å²) < 4.78 is 19.2. The van der Waals surface area contributed by atoms with Crippen molar-refractivity contribution in [3.63, 3.8) is 0 Å². The molecule has 5 aromatic heterocycles. The summed E-state index contributed by atoms with van der Waals surface area (Å²) in [6, 6.07) is 5.56. The van der Waals surface area contributed by atoms with Crippen molar-refractivity contribution >= 4 is 28.7 Å². The average Bonchev–Trinajstić information content (AvgIpc) is 3.26. The third-order valence-electron chi connectivity index (χ3n) is 5.97. The normalized spacial score (nSPS) is 13.4. The smallest absolute Gasteiger partial charge is 0.273 e. The van der Waals surface area contributed by atoms with Gasteiger partial charge in [-0.15, -0.1) is 5.10 Å². The first kappa shape index (κ1) is 21.2. The van der Waals surface area contributed by atoms with Gasteiger partial charge in [-0.2, -0.15) is 5.26 Å². The first-order chi connectivity index (χ1) is 17.0. The summed E-state index contributed by atoms with van der Waals surface area (Å²) in [5.41, 5.74) is 3.59. The van der Waals surface area contributed by atoms with Crippen molar-refractivity contribution in [2.24, 2.45) is 0 Å². The molecule has 0 saturated heterocycles. The lowest BCUT2D eigenvalue weighted by Crippen LogP contribution is -2.23. The van der Waals surface area contributed by atoms with E-state index in [-0.39, 0.29) is 29.3 Å². The second-order valence-electron chi connectivity index (χ2n) is 8.45. The molecule has 1 saturated carbocycles. The van der Waals surface area contributed by atoms with Gasteiger partial charge in [-0.3, -0.25) is 4.79 Å². The van der Waals surface area contributed by atoms with Gasteiger partial charge in [0.1, 0.15) is 11.6 Å². The van der Waals surface area contributed by atoms with Crippen LogP contribution < -0.4 is 5.32 Å². The topological polar surface area (TPSA) is 118 Å². The van der Waals surface area contributed by atoms with E-state index in [0.29, 0.717) is 28.5 Å². The Bertz CT molecular complexity index is 1660. The summed E-state index contributed by atoms with van der Waals surface area (Å²) >= 11 is 5.86. The minimum Gasteiger partial charge on any atom is -0.345 e. The summed E-state index contributed by atoms with van der Waals surface area (Å²) in [5, 5.41) is 20.1. The van der Waals surface area contributed by atoms with Gasteiger partial charge in [-0.25, -0.2) is 19.0 Å². The minimum atomic E-state index is -0.599. The SMILES string of the molecule is N#Cc1cc(C2CC2)cn2cc(Cn3cc(C(=O)NCc4ncn5ccc(Cl)c(F)c45)nn3)nc12. The molecule has 0 spiro atoms. The van der Waals surface area contributed by atoms with Crippen LogP contribution in [-0.4, -0.2) is 39.7 Å². The quantitative estimate of drug-likeness (QED) is 0.391. The van der Waals surface area contributed by atoms with Crippen LogP contribution in [0.4, 0.5) is 4.39 Å². The van der Waals surface area contributed by atoms with Gasteiger partial charge >= 0.3 is 0 Å². The largest absolute Gasteiger partial charge is 0.345 e. The second kappa shape index (κ2) is 8.18. The molecule has 174 valence electrons. The Morgan fingerprint density at radius 1 is 1.29 bits per heavy atom. The predicted octanol–water partition coefficient (Wildman–Crippen LogP) is 3.09. The summed E-state index contributed by atoms with van der Waals surface area (Å²) in [5.74, 6) is -0.559. The van der Waals surface area contributed by atoms with E-state index < -0.39 is 11.7 Å². The van der Waals surface area contributed by atoms with Gasteiger partial charge in [0.05, 0.1) is 47.6 Å². The molecule has 1 N–H and O–H groups in total. The maximum atomic E-state index is 14.4. The summed E-state index contributed by atoms with van der Waals surface area (Å²) in [7, 11) is 0. The zero-order chi connectivity index (χ0) is 24.1. The summed E-state index contributed by atoms with van der Waals surface area (Å²) in [6.45, 7) is 0.271. The van der Waals surface area contributed by atoms with Crippen LogP contribution in [0.5, 0.6) is 0 Å². The Balaban J connectivity index is 1.17. The molecule has 5 heterocycles. The molecule has 1 aliphatic rings. The molecule has 1 amide bonds. The number of nitrogens with zero attached hydrogens (tertiary/aromatic N) is 8. The highest BCUT2D eigenvalue weighted by Crippen LogP contribution is 2.40. The zero-order valence-electron chi connectivity index (χ0n) is 18.2. The summed E-state index contributed by atoms with van der Waals surface area (Å²) in [6.07, 6.45) is 10.7. The number of aromatic nitrogens is 7. The number of carbonyl (C=O) groups is 1. The Morgan fingerprint density at radius 3 is 2.94 bits per heavy atom. The molecule has 0 radical (unpaired) electrons. The second-order valence-corrected chi connectivity index (χ2v) is 8.85. The van der Waals surface area contributed by atoms with Gasteiger partial charge in [0.2, 0.25) is 0 Å². The molecule has 0 unspecified atom stereocenters. The van der Waals surface area contributed by atoms with Crippen molar-refractivity contribution in [3.8, 4) is 6.07 Å². The molecule has 1 aliphatic carbocycles. The fourth-order valence-electron chi connectivity index (χ4n) is 4.08. The van der Waals surface area contributed by atoms with Crippen molar-refractivity contribution in [2.75, 3.05) is 0 Å². The number of fused-ring (bicyclic) bond motifs is 2. The molecule has 0 aromatic carbocycles. The highest BCUT2D eigenvalue weighted by atomic mass is 35.5. The Hall–Kier alpha value is -4.30. The highest BCUT2D eigenvalue weighted by Gasteiger charge is 2.25. The molecular weight excluding hydrogens is 473 g/mol. The van der Waals surface area contributed by atoms with E-state index in [2.05, 4.69) is 31.7 Å². The van der Waals surface area contributed by atoms with Crippen LogP contribution in [0, 0.1) is 17.1 Å². The van der Waals surface area contributed by atoms with Crippen LogP contribution in [0.15, 0.2) is 43.2 Å². The number of nitrogens with one attached hydrogen (secondary N) is 1. The number of imidazole rings is 2. The summed E-state index contributed by atoms with van der Waals surface area (Å²) in [4.78, 5) is 21.3. The maximum absolute atomic E-state index is 14.4. The molecule has 10 nitrogen and oxygen atoms in total. The molecular formula is C23H17ClFN9O. The van der Waals surface area contributed by atoms with E-state index in [1.54, 1.807) is 6.20 Å². The van der Waals surface area contributed by atoms with Crippen LogP contribution in [-0.2, 0) is 13.1 Å². The van der Waals surface area contributed by atoms with Gasteiger partial charge in [0.25, 0.3) is 5.91 Å². The van der Waals surface area contributed by atoms with Crippen molar-refractivity contribution in [1.29, 1.82) is 5.26 Å². The maximum Gasteiger partial charge on any atom is 0.273 e. The lowest BCUT2D eigenvalue weighted by Gasteiger charge is -2.03. The number of halogens is 2. The predicted molar refractivity (Wildman–Crippen MR) is 122 cm³/mol. The van der Waals surface area contributed by atoms with Crippen LogP contribution in [0.3, 0.4) is 0 Å². The first-order valence-electron chi connectivity index (χ1n) is 10.9. The van der Waals surface area contributed by atoms with Gasteiger partial charge in [-0.1, -0.05) is 16.8 Å². The van der Waals surface area contributed by atoms with Gasteiger partial charge in [-0.05, 0) is 36.5 Å². The number of hydrogen-bond donors (Lipinski definition) is 1. The van der Waals surface area contributed by atoms with Gasteiger partial charge < -0.3 is 14.1 Å². The van der Waals surface area contributed by atoms with Crippen LogP contribution >= 0.6 is 11.6 Å². The van der Waals surface area contributed by atoms with Crippen LogP contribution in [0.2, 0.25) is 5.02 Å². The number of pyridine rings is 2. The average molecular weight is 490 g/mol. The molecule has 0 aliphatic heterocycles. The molecule has 35 heavy (non-hydrogen) atoms. The zero-order valence-corrected chi connectivity index (χ0v) is 18.9. The lowest BCUT2D eigenvalue weighted by molar-refractivity contribution is 0.0945. The molecule has 1 fully saturated rings. The van der Waals surface area contributed by atoms with Crippen molar-refractivity contribution < 1.29 is 9.18 Å². The monoisotopic (exact) mass is 489 g/mol. The highest BCUT2D eigenvalue weighted by molar-refractivity contribution is 6.31. The standard InChI is InChI=1S/C23H17ClFN9O/c24-17-3-4-32-12-28-18(21(32)20(17)25)7-27-23(35)19-11-34(31-30-19)10-16-9-33-8-15(13-1-2-13)5-14(6-26)22(33)29-16/h3-5,8-9,11-13H,1-2,7,10H2,(H,27,35). The van der Waals surface area contributed by atoms with Gasteiger partial charge in [0, 0.05) is 18.6 Å². The van der Waals surface area contributed by atoms with E-state index in [4.69, 9.17) is 11.6 Å². The lowest BCUT2D eigenvalue weighted by atomic mass is 10.1. The third kappa shape index (κ3) is 3.87. The van der Waals surface area contributed by atoms with Crippen molar-refractivity contribution in [2.45, 2.75) is 31.8 Å². The number of amides is 1. The molecule has 0 atom stereocenters. The fraction of sp³-hybridized carbons (Fsp3) is 0.217. The third-order valence-corrected chi connectivity index (χ3v) is 6.26. The van der Waals surface area contributed by atoms with E-state index in [1.807, 2.05) is 22.9 Å². The number of hydrogen-bond acceptors (Lipinski definition) is 6. The Labute approximate surface area is 202 Å². The van der Waals surface area contributed by atoms with E-state index in [0.717, 1.165) is 18.4 Å². The fourth-order valence-corrected chi connectivity index (χ4v) is 4.23. The Morgan fingerprint density at radius 2 is 2.14 bits per heavy atom. The Kier molecular flexibility index (Phi) is 4.96. The number of carbonyl (C=O) groups excluding carboxylic acids is 1. The van der Waals surface area contributed by atoms with Crippen molar-refractivity contribution in [3.05, 3.63) is 82.3 Å².